The van der Waals surface area contributed by atoms with E-state index in [-0.39, 0.29) is 33.9 Å². The molecule has 7 heteroatoms. The molecule has 0 spiro atoms. The first-order valence-electron chi connectivity index (χ1n) is 8.28. The Hall–Kier alpha value is 0.0243. The Labute approximate surface area is 155 Å². The average molecular weight is 368 g/mol. The molecule has 0 radical (unpaired) electrons. The van der Waals surface area contributed by atoms with Gasteiger partial charge in [-0.15, -0.1) is 0 Å². The number of rotatable bonds is 14. The minimum atomic E-state index is -1.33. The smallest absolute Gasteiger partial charge is 0.369 e. The van der Waals surface area contributed by atoms with Crippen LogP contribution in [0.4, 0.5) is 0 Å². The zero-order valence-corrected chi connectivity index (χ0v) is 16.7. The van der Waals surface area contributed by atoms with Crippen LogP contribution in [0, 0.1) is 0 Å². The maximum absolute atomic E-state index is 11.9. The topological polar surface area (TPSA) is 63.2 Å². The fourth-order valence-corrected chi connectivity index (χ4v) is 1.54. The first-order valence-corrected chi connectivity index (χ1v) is 8.28. The molecule has 0 N–H and O–H groups in total. The van der Waals surface area contributed by atoms with Crippen molar-refractivity contribution in [3.8, 4) is 0 Å². The molecule has 0 heterocycles. The van der Waals surface area contributed by atoms with Crippen molar-refractivity contribution in [2.45, 2.75) is 91.6 Å². The molecule has 136 valence electrons. The first kappa shape index (κ1) is 25.3. The molecule has 0 atom stereocenters. The van der Waals surface area contributed by atoms with Crippen molar-refractivity contribution in [2.75, 3.05) is 6.61 Å². The van der Waals surface area contributed by atoms with Crippen LogP contribution in [0.2, 0.25) is 0 Å². The summed E-state index contributed by atoms with van der Waals surface area (Å²) in [5.74, 6) is -0.644. The Bertz CT molecular complexity index is 261. The summed E-state index contributed by atoms with van der Waals surface area (Å²) in [4.78, 5) is 31.5. The third-order valence-corrected chi connectivity index (χ3v) is 2.61. The minimum Gasteiger partial charge on any atom is -0.462 e. The molecule has 0 amide bonds. The summed E-state index contributed by atoms with van der Waals surface area (Å²) in [5.41, 5.74) is 0. The largest absolute Gasteiger partial charge is 0.462 e. The van der Waals surface area contributed by atoms with Crippen LogP contribution in [0.3, 0.4) is 0 Å². The molecule has 0 bridgehead atoms. The molecule has 0 aliphatic rings. The van der Waals surface area contributed by atoms with E-state index in [4.69, 9.17) is 24.3 Å². The van der Waals surface area contributed by atoms with Crippen LogP contribution in [0.1, 0.15) is 73.1 Å². The fraction of sp³-hybridized carbons (Fsp3) is 0.938. The molecule has 0 saturated heterocycles. The number of unbranched alkanes of at least 4 members (excludes halogenated alkanes) is 5. The van der Waals surface area contributed by atoms with Crippen molar-refractivity contribution in [1.29, 1.82) is 0 Å². The number of ether oxygens (including phenoxy) is 1. The Kier molecular flexibility index (Phi) is 18.5. The summed E-state index contributed by atoms with van der Waals surface area (Å²) in [5, 5.41) is 0. The van der Waals surface area contributed by atoms with E-state index in [1.165, 1.54) is 19.3 Å². The summed E-state index contributed by atoms with van der Waals surface area (Å²) >= 11 is 0. The maximum Gasteiger partial charge on any atom is 0.369 e. The summed E-state index contributed by atoms with van der Waals surface area (Å²) < 4.78 is 5.13. The molecule has 0 aromatic heterocycles. The molecule has 0 aliphatic heterocycles. The molecule has 0 unspecified atom stereocenters. The number of carbonyl (C=O) groups excluding carboxylic acids is 1. The van der Waals surface area contributed by atoms with Crippen LogP contribution >= 0.6 is 0 Å². The van der Waals surface area contributed by atoms with Crippen LogP contribution < -0.4 is 0 Å². The van der Waals surface area contributed by atoms with E-state index >= 15 is 0 Å². The maximum atomic E-state index is 11.9. The Morgan fingerprint density at radius 1 is 0.783 bits per heavy atom. The van der Waals surface area contributed by atoms with E-state index in [1.54, 1.807) is 27.7 Å². The quantitative estimate of drug-likeness (QED) is 0.116. The van der Waals surface area contributed by atoms with Gasteiger partial charge in [0, 0.05) is 21.7 Å². The van der Waals surface area contributed by atoms with Crippen molar-refractivity contribution < 1.29 is 50.8 Å². The predicted molar refractivity (Wildman–Crippen MR) is 82.7 cm³/mol. The number of hydrogen-bond acceptors (Lipinski definition) is 6. The van der Waals surface area contributed by atoms with Crippen LogP contribution in [0.15, 0.2) is 0 Å². The van der Waals surface area contributed by atoms with Gasteiger partial charge in [0.05, 0.1) is 18.8 Å². The molecule has 0 aromatic rings. The molecule has 0 fully saturated rings. The molecule has 0 rings (SSSR count). The van der Waals surface area contributed by atoms with E-state index in [1.807, 2.05) is 0 Å². The van der Waals surface area contributed by atoms with Gasteiger partial charge in [-0.05, 0) is 34.1 Å². The van der Waals surface area contributed by atoms with Gasteiger partial charge in [-0.1, -0.05) is 39.0 Å². The fourth-order valence-electron chi connectivity index (χ4n) is 1.54. The van der Waals surface area contributed by atoms with Gasteiger partial charge in [-0.3, -0.25) is 0 Å². The van der Waals surface area contributed by atoms with Gasteiger partial charge < -0.3 is 4.74 Å². The first-order chi connectivity index (χ1) is 10.5. The van der Waals surface area contributed by atoms with Gasteiger partial charge >= 0.3 is 12.3 Å². The van der Waals surface area contributed by atoms with Crippen LogP contribution in [-0.2, 0) is 50.8 Å². The van der Waals surface area contributed by atoms with Gasteiger partial charge in [0.1, 0.15) is 0 Å². The summed E-state index contributed by atoms with van der Waals surface area (Å²) in [7, 11) is 0. The molecule has 0 aliphatic carbocycles. The van der Waals surface area contributed by atoms with Crippen molar-refractivity contribution in [3.63, 3.8) is 0 Å². The van der Waals surface area contributed by atoms with Crippen molar-refractivity contribution in [2.24, 2.45) is 0 Å². The minimum absolute atomic E-state index is 0. The van der Waals surface area contributed by atoms with Gasteiger partial charge in [0.2, 0.25) is 0 Å². The summed E-state index contributed by atoms with van der Waals surface area (Å²) in [6, 6.07) is 0. The van der Waals surface area contributed by atoms with Gasteiger partial charge in [-0.2, -0.15) is 9.78 Å². The SMILES string of the molecule is CCCCCCCCOC(=O)C(OOC(C)C)OOC(C)C.[Ti]. The molecule has 23 heavy (non-hydrogen) atoms. The van der Waals surface area contributed by atoms with E-state index in [9.17, 15) is 4.79 Å². The third kappa shape index (κ3) is 16.7. The van der Waals surface area contributed by atoms with E-state index in [2.05, 4.69) is 6.92 Å². The number of carbonyl (C=O) groups is 1. The summed E-state index contributed by atoms with van der Waals surface area (Å²) in [6.07, 6.45) is 5.01. The van der Waals surface area contributed by atoms with E-state index < -0.39 is 12.3 Å². The standard InChI is InChI=1S/C16H32O6.Ti/c1-6-7-8-9-10-11-12-18-15(17)16(21-19-13(2)3)22-20-14(4)5;/h13-14,16H,6-12H2,1-5H3;. The Morgan fingerprint density at radius 2 is 1.26 bits per heavy atom. The van der Waals surface area contributed by atoms with Crippen LogP contribution in [0.5, 0.6) is 0 Å². The van der Waals surface area contributed by atoms with E-state index in [0.717, 1.165) is 19.3 Å². The molecule has 0 saturated carbocycles. The second-order valence-corrected chi connectivity index (χ2v) is 5.75. The second-order valence-electron chi connectivity index (χ2n) is 5.75. The Balaban J connectivity index is 0. The molecular formula is C16H32O6Ti. The zero-order chi connectivity index (χ0) is 16.8. The molecule has 6 nitrogen and oxygen atoms in total. The second kappa shape index (κ2) is 16.9. The van der Waals surface area contributed by atoms with Gasteiger partial charge in [0.25, 0.3) is 0 Å². The van der Waals surface area contributed by atoms with Crippen molar-refractivity contribution in [1.82, 2.24) is 0 Å². The van der Waals surface area contributed by atoms with Crippen LogP contribution in [-0.4, -0.2) is 31.1 Å². The molecular weight excluding hydrogens is 336 g/mol. The number of hydrogen-bond donors (Lipinski definition) is 0. The Morgan fingerprint density at radius 3 is 1.74 bits per heavy atom. The monoisotopic (exact) mass is 368 g/mol. The average Bonchev–Trinajstić information content (AvgIpc) is 2.45. The number of esters is 1. The van der Waals surface area contributed by atoms with Gasteiger partial charge in [-0.25, -0.2) is 14.6 Å². The normalized spacial score (nSPS) is 11.1. The van der Waals surface area contributed by atoms with Crippen molar-refractivity contribution in [3.05, 3.63) is 0 Å². The molecule has 0 aromatic carbocycles. The van der Waals surface area contributed by atoms with Crippen molar-refractivity contribution >= 4 is 5.97 Å². The predicted octanol–water partition coefficient (Wildman–Crippen LogP) is 3.93. The van der Waals surface area contributed by atoms with Crippen LogP contribution in [0.25, 0.3) is 0 Å². The summed E-state index contributed by atoms with van der Waals surface area (Å²) in [6.45, 7) is 9.64. The van der Waals surface area contributed by atoms with Gasteiger partial charge in [0.15, 0.2) is 0 Å². The third-order valence-electron chi connectivity index (χ3n) is 2.61. The zero-order valence-electron chi connectivity index (χ0n) is 15.1. The van der Waals surface area contributed by atoms with E-state index in [0.29, 0.717) is 6.61 Å².